The maximum atomic E-state index is 12.5. The number of nitrogens with one attached hydrogen (secondary N) is 3. The Bertz CT molecular complexity index is 912. The van der Waals surface area contributed by atoms with Crippen LogP contribution >= 0.6 is 12.4 Å². The van der Waals surface area contributed by atoms with Crippen LogP contribution in [0.15, 0.2) is 53.4 Å². The molecule has 152 valence electrons. The second kappa shape index (κ2) is 10.0. The summed E-state index contributed by atoms with van der Waals surface area (Å²) in [7, 11) is -3.65. The highest BCUT2D eigenvalue weighted by Gasteiger charge is 2.20. The monoisotopic (exact) mass is 423 g/mol. The zero-order chi connectivity index (χ0) is 19.3. The van der Waals surface area contributed by atoms with Gasteiger partial charge in [-0.05, 0) is 55.6 Å². The molecular weight excluding hydrogens is 398 g/mol. The highest BCUT2D eigenvalue weighted by atomic mass is 35.5. The van der Waals surface area contributed by atoms with Crippen molar-refractivity contribution >= 4 is 28.3 Å². The molecule has 1 aliphatic rings. The fourth-order valence-corrected chi connectivity index (χ4v) is 4.24. The number of rotatable bonds is 7. The van der Waals surface area contributed by atoms with E-state index < -0.39 is 10.0 Å². The molecule has 1 amide bonds. The second-order valence-electron chi connectivity index (χ2n) is 6.78. The number of carbonyl (C=O) groups is 1. The van der Waals surface area contributed by atoms with Crippen LogP contribution in [-0.4, -0.2) is 33.5 Å². The number of carbonyl (C=O) groups excluding carboxylic acids is 1. The average Bonchev–Trinajstić information content (AvgIpc) is 3.19. The molecule has 0 radical (unpaired) electrons. The highest BCUT2D eigenvalue weighted by Crippen LogP contribution is 2.13. The lowest BCUT2D eigenvalue weighted by atomic mass is 10.1. The lowest BCUT2D eigenvalue weighted by Gasteiger charge is -2.13. The Morgan fingerprint density at radius 2 is 1.96 bits per heavy atom. The highest BCUT2D eigenvalue weighted by molar-refractivity contribution is 7.89. The van der Waals surface area contributed by atoms with E-state index >= 15 is 0 Å². The molecule has 1 saturated heterocycles. The topological polar surface area (TPSA) is 87.3 Å². The van der Waals surface area contributed by atoms with Crippen molar-refractivity contribution in [3.05, 3.63) is 65.2 Å². The van der Waals surface area contributed by atoms with Crippen LogP contribution in [0.2, 0.25) is 0 Å². The summed E-state index contributed by atoms with van der Waals surface area (Å²) in [5.41, 5.74) is 2.45. The minimum absolute atomic E-state index is 0. The number of halogens is 1. The maximum absolute atomic E-state index is 12.5. The minimum atomic E-state index is -3.65. The zero-order valence-corrected chi connectivity index (χ0v) is 17.4. The molecule has 0 unspecified atom stereocenters. The van der Waals surface area contributed by atoms with Crippen molar-refractivity contribution in [1.29, 1.82) is 0 Å². The molecule has 1 heterocycles. The largest absolute Gasteiger partial charge is 0.348 e. The van der Waals surface area contributed by atoms with Gasteiger partial charge in [-0.25, -0.2) is 13.1 Å². The van der Waals surface area contributed by atoms with E-state index in [4.69, 9.17) is 0 Å². The van der Waals surface area contributed by atoms with E-state index in [1.165, 1.54) is 12.1 Å². The smallest absolute Gasteiger partial charge is 0.251 e. The molecule has 1 aliphatic heterocycles. The molecule has 28 heavy (non-hydrogen) atoms. The number of sulfonamides is 1. The first-order valence-electron chi connectivity index (χ1n) is 9.11. The van der Waals surface area contributed by atoms with E-state index in [1.54, 1.807) is 12.1 Å². The zero-order valence-electron chi connectivity index (χ0n) is 15.8. The Morgan fingerprint density at radius 1 is 1.18 bits per heavy atom. The number of hydrogen-bond acceptors (Lipinski definition) is 4. The van der Waals surface area contributed by atoms with Crippen LogP contribution < -0.4 is 15.4 Å². The summed E-state index contributed by atoms with van der Waals surface area (Å²) in [6.07, 6.45) is 2.02. The first kappa shape index (κ1) is 22.4. The third-order valence-electron chi connectivity index (χ3n) is 4.79. The van der Waals surface area contributed by atoms with E-state index in [0.29, 0.717) is 18.7 Å². The van der Waals surface area contributed by atoms with Gasteiger partial charge in [0.05, 0.1) is 4.90 Å². The maximum Gasteiger partial charge on any atom is 0.251 e. The van der Waals surface area contributed by atoms with Gasteiger partial charge in [-0.1, -0.05) is 30.3 Å². The van der Waals surface area contributed by atoms with Gasteiger partial charge in [-0.2, -0.15) is 0 Å². The first-order chi connectivity index (χ1) is 13.0. The molecule has 0 aliphatic carbocycles. The van der Waals surface area contributed by atoms with Crippen LogP contribution in [0.3, 0.4) is 0 Å². The number of benzene rings is 2. The van der Waals surface area contributed by atoms with Crippen molar-refractivity contribution in [2.45, 2.75) is 37.2 Å². The summed E-state index contributed by atoms with van der Waals surface area (Å²) in [5, 5.41) is 6.10. The van der Waals surface area contributed by atoms with Gasteiger partial charge in [0.1, 0.15) is 0 Å². The molecule has 2 aromatic rings. The van der Waals surface area contributed by atoms with Crippen LogP contribution in [-0.2, 0) is 16.6 Å². The molecule has 3 rings (SSSR count). The van der Waals surface area contributed by atoms with Gasteiger partial charge in [0.25, 0.3) is 5.91 Å². The number of aryl methyl sites for hydroxylation is 1. The molecule has 6 nitrogen and oxygen atoms in total. The van der Waals surface area contributed by atoms with E-state index in [-0.39, 0.29) is 29.3 Å². The van der Waals surface area contributed by atoms with Gasteiger partial charge in [0.15, 0.2) is 0 Å². The normalized spacial score (nSPS) is 16.4. The minimum Gasteiger partial charge on any atom is -0.348 e. The lowest BCUT2D eigenvalue weighted by molar-refractivity contribution is 0.0950. The van der Waals surface area contributed by atoms with Gasteiger partial charge < -0.3 is 10.6 Å². The Balaban J connectivity index is 0.00000280. The van der Waals surface area contributed by atoms with E-state index in [1.807, 2.05) is 31.2 Å². The quantitative estimate of drug-likeness (QED) is 0.638. The molecule has 2 aromatic carbocycles. The summed E-state index contributed by atoms with van der Waals surface area (Å²) in [6, 6.07) is 14.1. The molecule has 1 atom stereocenters. The van der Waals surface area contributed by atoms with Crippen molar-refractivity contribution in [2.24, 2.45) is 0 Å². The SMILES string of the molecule is Cc1ccccc1CNC(=O)c1cccc(S(=O)(=O)NC[C@@H]2CCCN2)c1.Cl. The average molecular weight is 424 g/mol. The van der Waals surface area contributed by atoms with E-state index in [2.05, 4.69) is 15.4 Å². The first-order valence-corrected chi connectivity index (χ1v) is 10.6. The van der Waals surface area contributed by atoms with Gasteiger partial charge in [-0.3, -0.25) is 4.79 Å². The van der Waals surface area contributed by atoms with Crippen LogP contribution in [0.4, 0.5) is 0 Å². The third kappa shape index (κ3) is 5.78. The summed E-state index contributed by atoms with van der Waals surface area (Å²) < 4.78 is 27.7. The fraction of sp³-hybridized carbons (Fsp3) is 0.350. The van der Waals surface area contributed by atoms with Gasteiger partial charge in [0, 0.05) is 24.7 Å². The summed E-state index contributed by atoms with van der Waals surface area (Å²) in [6.45, 7) is 3.66. The molecule has 1 fully saturated rings. The van der Waals surface area contributed by atoms with Crippen LogP contribution in [0.1, 0.15) is 34.3 Å². The third-order valence-corrected chi connectivity index (χ3v) is 6.21. The number of hydrogen-bond donors (Lipinski definition) is 3. The predicted octanol–water partition coefficient (Wildman–Crippen LogP) is 2.38. The molecule has 3 N–H and O–H groups in total. The van der Waals surface area contributed by atoms with Gasteiger partial charge in [-0.15, -0.1) is 12.4 Å². The molecule has 0 spiro atoms. The molecule has 0 bridgehead atoms. The predicted molar refractivity (Wildman–Crippen MR) is 112 cm³/mol. The van der Waals surface area contributed by atoms with Gasteiger partial charge >= 0.3 is 0 Å². The number of amides is 1. The van der Waals surface area contributed by atoms with Crippen molar-refractivity contribution < 1.29 is 13.2 Å². The Kier molecular flexibility index (Phi) is 8.00. The second-order valence-corrected chi connectivity index (χ2v) is 8.55. The molecule has 8 heteroatoms. The lowest BCUT2D eigenvalue weighted by Crippen LogP contribution is -2.37. The standard InChI is InChI=1S/C20H25N3O3S.ClH/c1-15-6-2-3-7-17(15)13-22-20(24)16-8-4-10-19(12-16)27(25,26)23-14-18-9-5-11-21-18;/h2-4,6-8,10,12,18,21,23H,5,9,11,13-14H2,1H3,(H,22,24);1H/t18-;/m0./s1. The Labute approximate surface area is 172 Å². The van der Waals surface area contributed by atoms with Crippen molar-refractivity contribution in [2.75, 3.05) is 13.1 Å². The Hall–Kier alpha value is -1.93. The van der Waals surface area contributed by atoms with Crippen molar-refractivity contribution in [3.8, 4) is 0 Å². The van der Waals surface area contributed by atoms with Crippen molar-refractivity contribution in [3.63, 3.8) is 0 Å². The molecular formula is C20H26ClN3O3S. The van der Waals surface area contributed by atoms with E-state index in [0.717, 1.165) is 30.5 Å². The van der Waals surface area contributed by atoms with Crippen LogP contribution in [0, 0.1) is 6.92 Å². The van der Waals surface area contributed by atoms with E-state index in [9.17, 15) is 13.2 Å². The summed E-state index contributed by atoms with van der Waals surface area (Å²) in [5.74, 6) is -0.298. The summed E-state index contributed by atoms with van der Waals surface area (Å²) >= 11 is 0. The fourth-order valence-electron chi connectivity index (χ4n) is 3.12. The molecule has 0 saturated carbocycles. The summed E-state index contributed by atoms with van der Waals surface area (Å²) in [4.78, 5) is 12.5. The van der Waals surface area contributed by atoms with Crippen LogP contribution in [0.25, 0.3) is 0 Å². The Morgan fingerprint density at radius 3 is 2.68 bits per heavy atom. The van der Waals surface area contributed by atoms with Gasteiger partial charge in [0.2, 0.25) is 10.0 Å². The van der Waals surface area contributed by atoms with Crippen molar-refractivity contribution in [1.82, 2.24) is 15.4 Å². The van der Waals surface area contributed by atoms with Crippen LogP contribution in [0.5, 0.6) is 0 Å². The molecule has 0 aromatic heterocycles.